The quantitative estimate of drug-likeness (QED) is 0.679. The standard InChI is InChI=1S/C11H21NO4/c1-11(5-3-7-16-11)10(14)12-9(4-6-13)8-15-2/h9,13H,3-8H2,1-2H3,(H,12,14). The number of methoxy groups -OCH3 is 1. The van der Waals surface area contributed by atoms with E-state index in [2.05, 4.69) is 5.32 Å². The molecule has 1 rings (SSSR count). The van der Waals surface area contributed by atoms with E-state index in [-0.39, 0.29) is 18.6 Å². The topological polar surface area (TPSA) is 67.8 Å². The monoisotopic (exact) mass is 231 g/mol. The van der Waals surface area contributed by atoms with Crippen LogP contribution in [0.1, 0.15) is 26.2 Å². The highest BCUT2D eigenvalue weighted by atomic mass is 16.5. The van der Waals surface area contributed by atoms with Crippen LogP contribution in [0, 0.1) is 0 Å². The first kappa shape index (κ1) is 13.4. The van der Waals surface area contributed by atoms with E-state index < -0.39 is 5.60 Å². The smallest absolute Gasteiger partial charge is 0.252 e. The second kappa shape index (κ2) is 6.18. The normalized spacial score (nSPS) is 26.7. The van der Waals surface area contributed by atoms with E-state index in [9.17, 15) is 4.79 Å². The van der Waals surface area contributed by atoms with Gasteiger partial charge in [0.1, 0.15) is 5.60 Å². The van der Waals surface area contributed by atoms with Crippen molar-refractivity contribution >= 4 is 5.91 Å². The zero-order chi connectivity index (χ0) is 12.0. The fraction of sp³-hybridized carbons (Fsp3) is 0.909. The van der Waals surface area contributed by atoms with E-state index in [0.29, 0.717) is 19.6 Å². The van der Waals surface area contributed by atoms with Crippen molar-refractivity contribution in [2.75, 3.05) is 26.9 Å². The lowest BCUT2D eigenvalue weighted by Crippen LogP contribution is -2.49. The van der Waals surface area contributed by atoms with Crippen LogP contribution in [-0.2, 0) is 14.3 Å². The molecule has 1 aliphatic rings. The number of hydrogen-bond donors (Lipinski definition) is 2. The third kappa shape index (κ3) is 3.43. The highest BCUT2D eigenvalue weighted by Gasteiger charge is 2.38. The summed E-state index contributed by atoms with van der Waals surface area (Å²) in [6.45, 7) is 2.88. The minimum absolute atomic E-state index is 0.0336. The van der Waals surface area contributed by atoms with Crippen LogP contribution in [0.3, 0.4) is 0 Å². The van der Waals surface area contributed by atoms with Crippen LogP contribution in [0.15, 0.2) is 0 Å². The first-order valence-electron chi connectivity index (χ1n) is 5.67. The molecule has 0 saturated carbocycles. The van der Waals surface area contributed by atoms with Gasteiger partial charge in [-0.05, 0) is 26.2 Å². The lowest BCUT2D eigenvalue weighted by Gasteiger charge is -2.25. The Labute approximate surface area is 96.1 Å². The second-order valence-electron chi connectivity index (χ2n) is 4.32. The average molecular weight is 231 g/mol. The molecule has 2 N–H and O–H groups in total. The summed E-state index contributed by atoms with van der Waals surface area (Å²) in [6, 6.07) is -0.150. The molecule has 0 radical (unpaired) electrons. The van der Waals surface area contributed by atoms with Crippen molar-refractivity contribution in [2.45, 2.75) is 37.8 Å². The van der Waals surface area contributed by atoms with Gasteiger partial charge < -0.3 is 19.9 Å². The number of ether oxygens (including phenoxy) is 2. The Balaban J connectivity index is 2.46. The van der Waals surface area contributed by atoms with Crippen molar-refractivity contribution in [1.29, 1.82) is 0 Å². The van der Waals surface area contributed by atoms with Gasteiger partial charge in [-0.3, -0.25) is 4.79 Å². The van der Waals surface area contributed by atoms with Gasteiger partial charge in [-0.2, -0.15) is 0 Å². The molecule has 0 aliphatic carbocycles. The minimum atomic E-state index is -0.707. The van der Waals surface area contributed by atoms with Crippen LogP contribution in [0.4, 0.5) is 0 Å². The summed E-state index contributed by atoms with van der Waals surface area (Å²) < 4.78 is 10.4. The first-order valence-corrected chi connectivity index (χ1v) is 5.67. The van der Waals surface area contributed by atoms with Gasteiger partial charge in [-0.25, -0.2) is 0 Å². The Hall–Kier alpha value is -0.650. The first-order chi connectivity index (χ1) is 7.62. The molecular formula is C11H21NO4. The van der Waals surface area contributed by atoms with Crippen LogP contribution >= 0.6 is 0 Å². The molecule has 16 heavy (non-hydrogen) atoms. The van der Waals surface area contributed by atoms with Gasteiger partial charge in [0, 0.05) is 20.3 Å². The van der Waals surface area contributed by atoms with Gasteiger partial charge in [-0.15, -0.1) is 0 Å². The molecule has 1 fully saturated rings. The van der Waals surface area contributed by atoms with Crippen LogP contribution in [-0.4, -0.2) is 49.6 Å². The maximum Gasteiger partial charge on any atom is 0.252 e. The lowest BCUT2D eigenvalue weighted by molar-refractivity contribution is -0.140. The summed E-state index contributed by atoms with van der Waals surface area (Å²) >= 11 is 0. The number of rotatable bonds is 6. The summed E-state index contributed by atoms with van der Waals surface area (Å²) in [7, 11) is 1.57. The van der Waals surface area contributed by atoms with Crippen molar-refractivity contribution in [3.8, 4) is 0 Å². The van der Waals surface area contributed by atoms with Crippen molar-refractivity contribution in [3.05, 3.63) is 0 Å². The largest absolute Gasteiger partial charge is 0.396 e. The van der Waals surface area contributed by atoms with E-state index >= 15 is 0 Å². The Bertz CT molecular complexity index is 220. The minimum Gasteiger partial charge on any atom is -0.396 e. The number of nitrogens with one attached hydrogen (secondary N) is 1. The molecule has 1 heterocycles. The van der Waals surface area contributed by atoms with E-state index in [1.807, 2.05) is 0 Å². The zero-order valence-electron chi connectivity index (χ0n) is 9.99. The Morgan fingerprint density at radius 1 is 1.69 bits per heavy atom. The molecular weight excluding hydrogens is 210 g/mol. The number of aliphatic hydroxyl groups is 1. The maximum atomic E-state index is 12.0. The van der Waals surface area contributed by atoms with Gasteiger partial charge in [-0.1, -0.05) is 0 Å². The third-order valence-electron chi connectivity index (χ3n) is 2.88. The summed E-state index contributed by atoms with van der Waals surface area (Å²) in [6.07, 6.45) is 2.16. The molecule has 0 aromatic rings. The number of carbonyl (C=O) groups excluding carboxylic acids is 1. The highest BCUT2D eigenvalue weighted by Crippen LogP contribution is 2.25. The van der Waals surface area contributed by atoms with Crippen molar-refractivity contribution < 1.29 is 19.4 Å². The lowest BCUT2D eigenvalue weighted by atomic mass is 10.0. The Kier molecular flexibility index (Phi) is 5.18. The Morgan fingerprint density at radius 3 is 2.94 bits per heavy atom. The molecule has 5 nitrogen and oxygen atoms in total. The van der Waals surface area contributed by atoms with Gasteiger partial charge in [0.05, 0.1) is 12.6 Å². The average Bonchev–Trinajstić information content (AvgIpc) is 2.67. The van der Waals surface area contributed by atoms with E-state index in [1.165, 1.54) is 0 Å². The van der Waals surface area contributed by atoms with Gasteiger partial charge in [0.2, 0.25) is 0 Å². The van der Waals surface area contributed by atoms with Crippen molar-refractivity contribution in [1.82, 2.24) is 5.32 Å². The molecule has 1 amide bonds. The van der Waals surface area contributed by atoms with Crippen molar-refractivity contribution in [3.63, 3.8) is 0 Å². The predicted octanol–water partition coefficient (Wildman–Crippen LogP) is 0.0691. The van der Waals surface area contributed by atoms with Gasteiger partial charge in [0.15, 0.2) is 0 Å². The van der Waals surface area contributed by atoms with Gasteiger partial charge >= 0.3 is 0 Å². The molecule has 0 bridgehead atoms. The number of hydrogen-bond acceptors (Lipinski definition) is 4. The number of carbonyl (C=O) groups is 1. The molecule has 0 aromatic heterocycles. The molecule has 1 saturated heterocycles. The van der Waals surface area contributed by atoms with Crippen LogP contribution in [0.2, 0.25) is 0 Å². The zero-order valence-corrected chi connectivity index (χ0v) is 9.99. The molecule has 0 aromatic carbocycles. The molecule has 5 heteroatoms. The molecule has 0 spiro atoms. The van der Waals surface area contributed by atoms with Crippen molar-refractivity contribution in [2.24, 2.45) is 0 Å². The second-order valence-corrected chi connectivity index (χ2v) is 4.32. The van der Waals surface area contributed by atoms with Crippen LogP contribution < -0.4 is 5.32 Å². The van der Waals surface area contributed by atoms with E-state index in [1.54, 1.807) is 14.0 Å². The van der Waals surface area contributed by atoms with E-state index in [4.69, 9.17) is 14.6 Å². The number of amides is 1. The van der Waals surface area contributed by atoms with E-state index in [0.717, 1.165) is 12.8 Å². The Morgan fingerprint density at radius 2 is 2.44 bits per heavy atom. The summed E-state index contributed by atoms with van der Waals surface area (Å²) in [5.41, 5.74) is -0.707. The molecule has 94 valence electrons. The summed E-state index contributed by atoms with van der Waals surface area (Å²) in [5.74, 6) is -0.111. The number of aliphatic hydroxyl groups excluding tert-OH is 1. The fourth-order valence-corrected chi connectivity index (χ4v) is 1.85. The predicted molar refractivity (Wildman–Crippen MR) is 59.1 cm³/mol. The third-order valence-corrected chi connectivity index (χ3v) is 2.88. The van der Waals surface area contributed by atoms with Crippen LogP contribution in [0.5, 0.6) is 0 Å². The molecule has 2 atom stereocenters. The SMILES string of the molecule is COCC(CCO)NC(=O)C1(C)CCCO1. The maximum absolute atomic E-state index is 12.0. The summed E-state index contributed by atoms with van der Waals surface area (Å²) in [4.78, 5) is 12.0. The summed E-state index contributed by atoms with van der Waals surface area (Å²) in [5, 5.41) is 11.7. The van der Waals surface area contributed by atoms with Crippen LogP contribution in [0.25, 0.3) is 0 Å². The fourth-order valence-electron chi connectivity index (χ4n) is 1.85. The highest BCUT2D eigenvalue weighted by molar-refractivity contribution is 5.85. The molecule has 2 unspecified atom stereocenters. The van der Waals surface area contributed by atoms with Gasteiger partial charge in [0.25, 0.3) is 5.91 Å². The molecule has 1 aliphatic heterocycles.